The summed E-state index contributed by atoms with van der Waals surface area (Å²) < 4.78 is 0. The summed E-state index contributed by atoms with van der Waals surface area (Å²) >= 11 is 0. The Morgan fingerprint density at radius 2 is 1.33 bits per heavy atom. The highest BCUT2D eigenvalue weighted by Crippen LogP contribution is 2.33. The first kappa shape index (κ1) is 30.5. The Bertz CT molecular complexity index is 343. The Morgan fingerprint density at radius 1 is 1.00 bits per heavy atom. The van der Waals surface area contributed by atoms with E-state index in [0.717, 1.165) is 12.1 Å². The third-order valence-corrected chi connectivity index (χ3v) is 2.52. The van der Waals surface area contributed by atoms with Crippen LogP contribution in [0.5, 0.6) is 0 Å². The van der Waals surface area contributed by atoms with Gasteiger partial charge in [0.15, 0.2) is 0 Å². The molecule has 0 saturated carbocycles. The van der Waals surface area contributed by atoms with E-state index in [4.69, 9.17) is 10.5 Å². The second-order valence-electron chi connectivity index (χ2n) is 6.83. The van der Waals surface area contributed by atoms with Crippen molar-refractivity contribution in [3.05, 3.63) is 0 Å². The Morgan fingerprint density at radius 3 is 1.54 bits per heavy atom. The molecule has 24 heavy (non-hydrogen) atoms. The van der Waals surface area contributed by atoms with Gasteiger partial charge in [-0.05, 0) is 25.2 Å². The maximum atomic E-state index is 11.7. The lowest BCUT2D eigenvalue weighted by atomic mass is 9.76. The molecule has 0 spiro atoms. The minimum Gasteiger partial charge on any atom is -0.480 e. The SMILES string of the molecule is CC.CC.CC(C)(C)CC(C)(C)C(=O)NCC(=O)O.CCC(C)=N. The first-order valence-electron chi connectivity index (χ1n) is 8.86. The molecule has 0 unspecified atom stereocenters. The van der Waals surface area contributed by atoms with Gasteiger partial charge in [0.05, 0.1) is 0 Å². The first-order valence-corrected chi connectivity index (χ1v) is 8.86. The first-order chi connectivity index (χ1) is 10.8. The van der Waals surface area contributed by atoms with Crippen LogP contribution in [0.4, 0.5) is 0 Å². The zero-order valence-corrected chi connectivity index (χ0v) is 17.9. The van der Waals surface area contributed by atoms with Crippen molar-refractivity contribution in [2.45, 2.75) is 89.0 Å². The van der Waals surface area contributed by atoms with Crippen molar-refractivity contribution in [3.8, 4) is 0 Å². The van der Waals surface area contributed by atoms with Crippen LogP contribution in [0.15, 0.2) is 0 Å². The molecule has 0 saturated heterocycles. The minimum absolute atomic E-state index is 0.0457. The number of hydrogen-bond acceptors (Lipinski definition) is 3. The molecule has 5 heteroatoms. The molecule has 3 N–H and O–H groups in total. The predicted molar refractivity (Wildman–Crippen MR) is 105 cm³/mol. The fourth-order valence-electron chi connectivity index (χ4n) is 1.80. The van der Waals surface area contributed by atoms with Crippen LogP contribution < -0.4 is 5.32 Å². The summed E-state index contributed by atoms with van der Waals surface area (Å²) in [5.41, 5.74) is 0.266. The quantitative estimate of drug-likeness (QED) is 0.602. The van der Waals surface area contributed by atoms with Gasteiger partial charge in [0.25, 0.3) is 0 Å². The molecular formula is C19H42N2O3. The zero-order valence-electron chi connectivity index (χ0n) is 17.9. The Hall–Kier alpha value is -1.39. The fourth-order valence-corrected chi connectivity index (χ4v) is 1.80. The molecule has 0 aliphatic heterocycles. The summed E-state index contributed by atoms with van der Waals surface area (Å²) in [7, 11) is 0. The number of hydrogen-bond donors (Lipinski definition) is 3. The van der Waals surface area contributed by atoms with Crippen LogP contribution in [0.1, 0.15) is 89.0 Å². The third-order valence-electron chi connectivity index (χ3n) is 2.52. The number of nitrogens with one attached hydrogen (secondary N) is 2. The van der Waals surface area contributed by atoms with E-state index in [1.165, 1.54) is 0 Å². The number of carbonyl (C=O) groups is 2. The van der Waals surface area contributed by atoms with E-state index in [0.29, 0.717) is 6.42 Å². The van der Waals surface area contributed by atoms with Crippen molar-refractivity contribution >= 4 is 17.6 Å². The van der Waals surface area contributed by atoms with Crippen molar-refractivity contribution < 1.29 is 14.7 Å². The lowest BCUT2D eigenvalue weighted by Crippen LogP contribution is -2.41. The number of rotatable bonds is 5. The molecule has 0 aliphatic rings. The van der Waals surface area contributed by atoms with Gasteiger partial charge in [0.2, 0.25) is 5.91 Å². The predicted octanol–water partition coefficient (Wildman–Crippen LogP) is 5.14. The van der Waals surface area contributed by atoms with Crippen LogP contribution in [-0.2, 0) is 9.59 Å². The van der Waals surface area contributed by atoms with E-state index in [1.807, 2.05) is 48.5 Å². The molecule has 0 rings (SSSR count). The summed E-state index contributed by atoms with van der Waals surface area (Å²) in [6.45, 7) is 21.3. The average Bonchev–Trinajstić information content (AvgIpc) is 2.47. The van der Waals surface area contributed by atoms with Gasteiger partial charge in [-0.2, -0.15) is 0 Å². The normalized spacial score (nSPS) is 9.79. The number of aliphatic carboxylic acids is 1. The van der Waals surface area contributed by atoms with Crippen molar-refractivity contribution in [2.75, 3.05) is 6.54 Å². The number of amides is 1. The molecule has 0 fully saturated rings. The third kappa shape index (κ3) is 25.6. The van der Waals surface area contributed by atoms with Crippen molar-refractivity contribution in [2.24, 2.45) is 10.8 Å². The number of carbonyl (C=O) groups excluding carboxylic acids is 1. The largest absolute Gasteiger partial charge is 0.480 e. The molecular weight excluding hydrogens is 304 g/mol. The zero-order chi connectivity index (χ0) is 20.6. The van der Waals surface area contributed by atoms with Crippen LogP contribution in [0, 0.1) is 16.2 Å². The summed E-state index contributed by atoms with van der Waals surface area (Å²) in [6.07, 6.45) is 1.60. The van der Waals surface area contributed by atoms with Gasteiger partial charge >= 0.3 is 5.97 Å². The highest BCUT2D eigenvalue weighted by Gasteiger charge is 2.32. The van der Waals surface area contributed by atoms with Gasteiger partial charge in [-0.1, -0.05) is 69.2 Å². The smallest absolute Gasteiger partial charge is 0.322 e. The highest BCUT2D eigenvalue weighted by molar-refractivity contribution is 5.85. The maximum absolute atomic E-state index is 11.7. The van der Waals surface area contributed by atoms with Crippen LogP contribution in [0.25, 0.3) is 0 Å². The van der Waals surface area contributed by atoms with Crippen LogP contribution in [0.3, 0.4) is 0 Å². The molecule has 0 aromatic heterocycles. The van der Waals surface area contributed by atoms with E-state index in [2.05, 4.69) is 26.1 Å². The number of carboxylic acid groups (broad SMARTS) is 1. The number of carboxylic acids is 1. The highest BCUT2D eigenvalue weighted by atomic mass is 16.4. The summed E-state index contributed by atoms with van der Waals surface area (Å²) in [5, 5.41) is 17.6. The summed E-state index contributed by atoms with van der Waals surface area (Å²) in [6, 6.07) is 0. The van der Waals surface area contributed by atoms with Crippen LogP contribution in [0.2, 0.25) is 0 Å². The van der Waals surface area contributed by atoms with E-state index in [9.17, 15) is 9.59 Å². The van der Waals surface area contributed by atoms with E-state index < -0.39 is 11.4 Å². The topological polar surface area (TPSA) is 90.2 Å². The van der Waals surface area contributed by atoms with Gasteiger partial charge in [-0.3, -0.25) is 9.59 Å². The van der Waals surface area contributed by atoms with Gasteiger partial charge in [0, 0.05) is 11.1 Å². The monoisotopic (exact) mass is 346 g/mol. The Kier molecular flexibility index (Phi) is 20.9. The molecule has 0 bridgehead atoms. The standard InChI is InChI=1S/C11H21NO3.C4H9N.2C2H6/c1-10(2,3)7-11(4,5)9(15)12-6-8(13)14;1-3-4(2)5;2*1-2/h6-7H2,1-5H3,(H,12,15)(H,13,14);5H,3H2,1-2H3;2*1-2H3. The van der Waals surface area contributed by atoms with Gasteiger partial charge < -0.3 is 15.8 Å². The second-order valence-corrected chi connectivity index (χ2v) is 6.83. The molecule has 1 amide bonds. The molecule has 0 aromatic rings. The molecule has 0 radical (unpaired) electrons. The van der Waals surface area contributed by atoms with Gasteiger partial charge in [0.1, 0.15) is 6.54 Å². The molecule has 146 valence electrons. The van der Waals surface area contributed by atoms with E-state index in [1.54, 1.807) is 6.92 Å². The van der Waals surface area contributed by atoms with Gasteiger partial charge in [-0.25, -0.2) is 0 Å². The molecule has 0 aliphatic carbocycles. The second kappa shape index (κ2) is 16.5. The Labute approximate surface area is 150 Å². The molecule has 0 atom stereocenters. The molecule has 0 heterocycles. The minimum atomic E-state index is -1.02. The summed E-state index contributed by atoms with van der Waals surface area (Å²) in [5.74, 6) is -1.23. The molecule has 0 aromatic carbocycles. The van der Waals surface area contributed by atoms with Crippen LogP contribution >= 0.6 is 0 Å². The van der Waals surface area contributed by atoms with Crippen molar-refractivity contribution in [1.29, 1.82) is 5.41 Å². The van der Waals surface area contributed by atoms with Crippen molar-refractivity contribution in [1.82, 2.24) is 5.32 Å². The van der Waals surface area contributed by atoms with Crippen molar-refractivity contribution in [3.63, 3.8) is 0 Å². The average molecular weight is 347 g/mol. The lowest BCUT2D eigenvalue weighted by molar-refractivity contribution is -0.140. The maximum Gasteiger partial charge on any atom is 0.322 e. The fraction of sp³-hybridized carbons (Fsp3) is 0.842. The van der Waals surface area contributed by atoms with E-state index in [-0.39, 0.29) is 17.9 Å². The molecule has 5 nitrogen and oxygen atoms in total. The Balaban J connectivity index is -0.000000186. The van der Waals surface area contributed by atoms with Gasteiger partial charge in [-0.15, -0.1) is 0 Å². The summed E-state index contributed by atoms with van der Waals surface area (Å²) in [4.78, 5) is 22.0. The van der Waals surface area contributed by atoms with Crippen LogP contribution in [-0.4, -0.2) is 29.2 Å². The lowest BCUT2D eigenvalue weighted by Gasteiger charge is -2.30. The van der Waals surface area contributed by atoms with E-state index >= 15 is 0 Å².